The van der Waals surface area contributed by atoms with Crippen LogP contribution in [-0.2, 0) is 0 Å². The van der Waals surface area contributed by atoms with E-state index in [1.165, 1.54) is 25.5 Å². The van der Waals surface area contributed by atoms with Crippen LogP contribution in [0.2, 0.25) is 0 Å². The Morgan fingerprint density at radius 1 is 1.17 bits per heavy atom. The maximum Gasteiger partial charge on any atom is 0.258 e. The number of thiophene rings is 1. The van der Waals surface area contributed by atoms with Gasteiger partial charge in [-0.2, -0.15) is 11.3 Å². The van der Waals surface area contributed by atoms with Crippen LogP contribution in [0.3, 0.4) is 0 Å². The van der Waals surface area contributed by atoms with Crippen molar-refractivity contribution in [2.24, 2.45) is 0 Å². The largest absolute Gasteiger partial charge is 0.480 e. The fourth-order valence-corrected chi connectivity index (χ4v) is 3.66. The van der Waals surface area contributed by atoms with Crippen LogP contribution in [0.5, 0.6) is 5.88 Å². The molecule has 3 aromatic heterocycles. The number of nitrogens with one attached hydrogen (secondary N) is 2. The van der Waals surface area contributed by atoms with Crippen LogP contribution in [0.4, 0.5) is 5.69 Å². The molecule has 2 amide bonds. The first-order valence-electron chi connectivity index (χ1n) is 8.73. The van der Waals surface area contributed by atoms with Crippen molar-refractivity contribution in [3.63, 3.8) is 0 Å². The molecule has 7 nitrogen and oxygen atoms in total. The minimum Gasteiger partial charge on any atom is -0.480 e. The van der Waals surface area contributed by atoms with E-state index in [0.29, 0.717) is 33.5 Å². The number of furan rings is 1. The van der Waals surface area contributed by atoms with Crippen LogP contribution in [-0.4, -0.2) is 31.0 Å². The fraction of sp³-hybridized carbons (Fsp3) is 0.0952. The lowest BCUT2D eigenvalue weighted by atomic mass is 9.99. The Balaban J connectivity index is 1.96. The summed E-state index contributed by atoms with van der Waals surface area (Å²) in [5, 5.41) is 9.81. The van der Waals surface area contributed by atoms with Gasteiger partial charge in [-0.15, -0.1) is 0 Å². The lowest BCUT2D eigenvalue weighted by Gasteiger charge is -2.14. The van der Waals surface area contributed by atoms with E-state index < -0.39 is 0 Å². The number of rotatable bonds is 5. The topological polar surface area (TPSA) is 93.5 Å². The molecule has 0 saturated heterocycles. The normalized spacial score (nSPS) is 10.7. The number of anilines is 1. The third-order valence-electron chi connectivity index (χ3n) is 4.41. The summed E-state index contributed by atoms with van der Waals surface area (Å²) in [6, 6.07) is 10.6. The van der Waals surface area contributed by atoms with E-state index in [4.69, 9.17) is 9.15 Å². The fourth-order valence-electron chi connectivity index (χ4n) is 3.07. The second kappa shape index (κ2) is 7.76. The lowest BCUT2D eigenvalue weighted by Crippen LogP contribution is -2.19. The molecule has 29 heavy (non-hydrogen) atoms. The molecule has 4 aromatic rings. The van der Waals surface area contributed by atoms with Crippen molar-refractivity contribution in [3.8, 4) is 17.2 Å². The molecule has 0 saturated carbocycles. The highest BCUT2D eigenvalue weighted by Gasteiger charge is 2.23. The number of carbonyl (C=O) groups excluding carboxylic acids is 2. The number of nitrogens with zero attached hydrogens (tertiary/aromatic N) is 1. The highest BCUT2D eigenvalue weighted by molar-refractivity contribution is 7.08. The minimum absolute atomic E-state index is 0.137. The van der Waals surface area contributed by atoms with Crippen molar-refractivity contribution in [2.45, 2.75) is 0 Å². The Hall–Kier alpha value is -3.65. The second-order valence-electron chi connectivity index (χ2n) is 6.13. The van der Waals surface area contributed by atoms with Gasteiger partial charge in [0.1, 0.15) is 11.3 Å². The molecule has 0 aliphatic rings. The number of pyridine rings is 1. The summed E-state index contributed by atoms with van der Waals surface area (Å²) in [4.78, 5) is 29.9. The average Bonchev–Trinajstić information content (AvgIpc) is 3.45. The number of hydrogen-bond acceptors (Lipinski definition) is 6. The molecule has 1 aromatic carbocycles. The van der Waals surface area contributed by atoms with Gasteiger partial charge in [-0.3, -0.25) is 9.59 Å². The number of hydrogen-bond donors (Lipinski definition) is 2. The SMILES string of the molecule is CNC(=O)c1cc2ccc(-c3ccco3)c(C(=O)Nc3ccsc3)c2nc1OC. The maximum absolute atomic E-state index is 13.2. The molecule has 0 fully saturated rings. The lowest BCUT2D eigenvalue weighted by molar-refractivity contribution is 0.0959. The van der Waals surface area contributed by atoms with Crippen LogP contribution >= 0.6 is 11.3 Å². The summed E-state index contributed by atoms with van der Waals surface area (Å²) in [7, 11) is 2.97. The number of benzene rings is 1. The van der Waals surface area contributed by atoms with E-state index in [1.54, 1.807) is 36.6 Å². The zero-order chi connectivity index (χ0) is 20.4. The van der Waals surface area contributed by atoms with Crippen LogP contribution in [0.25, 0.3) is 22.2 Å². The van der Waals surface area contributed by atoms with Crippen LogP contribution in [0, 0.1) is 0 Å². The van der Waals surface area contributed by atoms with Gasteiger partial charge >= 0.3 is 0 Å². The second-order valence-corrected chi connectivity index (χ2v) is 6.91. The van der Waals surface area contributed by atoms with Gasteiger partial charge in [0.25, 0.3) is 11.8 Å². The third kappa shape index (κ3) is 3.45. The highest BCUT2D eigenvalue weighted by Crippen LogP contribution is 2.33. The van der Waals surface area contributed by atoms with Crippen molar-refractivity contribution in [2.75, 3.05) is 19.5 Å². The van der Waals surface area contributed by atoms with Gasteiger partial charge in [-0.25, -0.2) is 4.98 Å². The summed E-state index contributed by atoms with van der Waals surface area (Å²) in [6.07, 6.45) is 1.54. The van der Waals surface area contributed by atoms with Gasteiger partial charge in [0.15, 0.2) is 0 Å². The summed E-state index contributed by atoms with van der Waals surface area (Å²) >= 11 is 1.48. The molecule has 2 N–H and O–H groups in total. The number of amides is 2. The van der Waals surface area contributed by atoms with Gasteiger partial charge in [0.05, 0.1) is 30.1 Å². The number of ether oxygens (including phenoxy) is 1. The molecular weight excluding hydrogens is 390 g/mol. The first-order valence-corrected chi connectivity index (χ1v) is 9.68. The van der Waals surface area contributed by atoms with Crippen LogP contribution in [0.15, 0.2) is 57.8 Å². The van der Waals surface area contributed by atoms with E-state index in [9.17, 15) is 9.59 Å². The number of methoxy groups -OCH3 is 1. The van der Waals surface area contributed by atoms with Gasteiger partial charge in [0, 0.05) is 23.4 Å². The van der Waals surface area contributed by atoms with Gasteiger partial charge in [0.2, 0.25) is 5.88 Å². The highest BCUT2D eigenvalue weighted by atomic mass is 32.1. The van der Waals surface area contributed by atoms with E-state index >= 15 is 0 Å². The molecule has 0 radical (unpaired) electrons. The predicted molar refractivity (Wildman–Crippen MR) is 112 cm³/mol. The van der Waals surface area contributed by atoms with E-state index in [0.717, 1.165) is 0 Å². The van der Waals surface area contributed by atoms with Crippen LogP contribution in [0.1, 0.15) is 20.7 Å². The molecule has 8 heteroatoms. The first kappa shape index (κ1) is 18.7. The molecule has 0 aliphatic heterocycles. The standard InChI is InChI=1S/C21H17N3O4S/c1-22-19(25)15-10-12-5-6-14(16-4-3-8-28-16)17(18(12)24-21(15)27-2)20(26)23-13-7-9-29-11-13/h3-11H,1-2H3,(H,22,25)(H,23,26). The Kier molecular flexibility index (Phi) is 5.01. The Morgan fingerprint density at radius 2 is 2.03 bits per heavy atom. The quantitative estimate of drug-likeness (QED) is 0.518. The molecule has 0 spiro atoms. The molecule has 4 rings (SSSR count). The minimum atomic E-state index is -0.331. The van der Waals surface area contributed by atoms with Crippen molar-refractivity contribution < 1.29 is 18.7 Å². The Bertz CT molecular complexity index is 1180. The molecule has 0 unspecified atom stereocenters. The van der Waals surface area contributed by atoms with Gasteiger partial charge in [-0.1, -0.05) is 6.07 Å². The van der Waals surface area contributed by atoms with E-state index in [1.807, 2.05) is 16.8 Å². The summed E-state index contributed by atoms with van der Waals surface area (Å²) in [5.74, 6) is 0.0230. The Morgan fingerprint density at radius 3 is 2.69 bits per heavy atom. The van der Waals surface area contributed by atoms with Gasteiger partial charge < -0.3 is 19.8 Å². The monoisotopic (exact) mass is 407 g/mol. The van der Waals surface area contributed by atoms with Crippen molar-refractivity contribution >= 4 is 39.7 Å². The molecular formula is C21H17N3O4S. The predicted octanol–water partition coefficient (Wildman–Crippen LogP) is 4.18. The maximum atomic E-state index is 13.2. The van der Waals surface area contributed by atoms with Gasteiger partial charge in [-0.05, 0) is 35.7 Å². The molecule has 146 valence electrons. The van der Waals surface area contributed by atoms with Crippen molar-refractivity contribution in [1.29, 1.82) is 0 Å². The van der Waals surface area contributed by atoms with E-state index in [-0.39, 0.29) is 23.3 Å². The molecule has 0 bridgehead atoms. The third-order valence-corrected chi connectivity index (χ3v) is 5.09. The summed E-state index contributed by atoms with van der Waals surface area (Å²) in [6.45, 7) is 0. The molecule has 0 atom stereocenters. The van der Waals surface area contributed by atoms with Crippen molar-refractivity contribution in [1.82, 2.24) is 10.3 Å². The number of aromatic nitrogens is 1. The zero-order valence-electron chi connectivity index (χ0n) is 15.7. The zero-order valence-corrected chi connectivity index (χ0v) is 16.5. The first-order chi connectivity index (χ1) is 14.1. The summed E-state index contributed by atoms with van der Waals surface area (Å²) in [5.41, 5.74) is 2.33. The average molecular weight is 407 g/mol. The summed E-state index contributed by atoms with van der Waals surface area (Å²) < 4.78 is 10.9. The van der Waals surface area contributed by atoms with E-state index in [2.05, 4.69) is 15.6 Å². The Labute approximate surface area is 170 Å². The number of carbonyl (C=O) groups is 2. The smallest absolute Gasteiger partial charge is 0.258 e. The molecule has 0 aliphatic carbocycles. The van der Waals surface area contributed by atoms with Crippen molar-refractivity contribution in [3.05, 3.63) is 64.5 Å². The molecule has 3 heterocycles. The van der Waals surface area contributed by atoms with Crippen LogP contribution < -0.4 is 15.4 Å². The number of fused-ring (bicyclic) bond motifs is 1.